The van der Waals surface area contributed by atoms with Gasteiger partial charge in [-0.3, -0.25) is 19.7 Å². The van der Waals surface area contributed by atoms with Crippen LogP contribution in [0.2, 0.25) is 0 Å². The Kier molecular flexibility index (Phi) is 4.04. The molecule has 0 amide bonds. The van der Waals surface area contributed by atoms with E-state index in [1.807, 2.05) is 0 Å². The topological polar surface area (TPSA) is 102 Å². The fraction of sp³-hybridized carbons (Fsp3) is 0.462. The summed E-state index contributed by atoms with van der Waals surface area (Å²) in [6, 6.07) is 4.65. The molecular formula is C13H17N5O4S. The maximum Gasteiger partial charge on any atom is 0.271 e. The minimum Gasteiger partial charge on any atom is -0.282 e. The Morgan fingerprint density at radius 2 is 1.96 bits per heavy atom. The number of sulfonamides is 1. The lowest BCUT2D eigenvalue weighted by atomic mass is 10.2. The summed E-state index contributed by atoms with van der Waals surface area (Å²) in [6.45, 7) is 2.56. The summed E-state index contributed by atoms with van der Waals surface area (Å²) in [5.74, 6) is 0. The lowest BCUT2D eigenvalue weighted by Gasteiger charge is -2.33. The third-order valence-corrected chi connectivity index (χ3v) is 5.28. The van der Waals surface area contributed by atoms with Gasteiger partial charge in [0, 0.05) is 43.7 Å². The van der Waals surface area contributed by atoms with Crippen LogP contribution in [-0.2, 0) is 16.7 Å². The number of hydrogen-bond acceptors (Lipinski definition) is 6. The van der Waals surface area contributed by atoms with Crippen LogP contribution < -0.4 is 0 Å². The number of non-ortho nitro benzene ring substituents is 1. The van der Waals surface area contributed by atoms with E-state index in [0.29, 0.717) is 38.4 Å². The van der Waals surface area contributed by atoms with Crippen molar-refractivity contribution in [1.82, 2.24) is 19.0 Å². The second-order valence-corrected chi connectivity index (χ2v) is 7.55. The Hall–Kier alpha value is -2.04. The van der Waals surface area contributed by atoms with E-state index in [0.717, 1.165) is 5.39 Å². The average Bonchev–Trinajstić information content (AvgIpc) is 2.89. The van der Waals surface area contributed by atoms with E-state index in [1.54, 1.807) is 16.9 Å². The number of benzene rings is 1. The summed E-state index contributed by atoms with van der Waals surface area (Å²) in [7, 11) is -3.15. The van der Waals surface area contributed by atoms with Gasteiger partial charge in [0.15, 0.2) is 0 Å². The predicted octanol–water partition coefficient (Wildman–Crippen LogP) is 0.479. The van der Waals surface area contributed by atoms with E-state index in [4.69, 9.17) is 0 Å². The van der Waals surface area contributed by atoms with Gasteiger partial charge in [0.2, 0.25) is 10.0 Å². The molecule has 1 aromatic carbocycles. The van der Waals surface area contributed by atoms with E-state index in [9.17, 15) is 18.5 Å². The van der Waals surface area contributed by atoms with Gasteiger partial charge in [-0.2, -0.15) is 9.40 Å². The first-order chi connectivity index (χ1) is 10.8. The van der Waals surface area contributed by atoms with Crippen molar-refractivity contribution in [3.05, 3.63) is 34.5 Å². The fourth-order valence-electron chi connectivity index (χ4n) is 2.68. The number of piperazine rings is 1. The van der Waals surface area contributed by atoms with E-state index in [-0.39, 0.29) is 5.69 Å². The Morgan fingerprint density at radius 1 is 1.26 bits per heavy atom. The van der Waals surface area contributed by atoms with E-state index in [2.05, 4.69) is 10.00 Å². The zero-order valence-electron chi connectivity index (χ0n) is 12.6. The highest BCUT2D eigenvalue weighted by atomic mass is 32.2. The van der Waals surface area contributed by atoms with Crippen molar-refractivity contribution >= 4 is 26.6 Å². The first-order valence-corrected chi connectivity index (χ1v) is 8.97. The van der Waals surface area contributed by atoms with Crippen LogP contribution in [0.25, 0.3) is 10.9 Å². The summed E-state index contributed by atoms with van der Waals surface area (Å²) in [5, 5.41) is 16.0. The molecule has 23 heavy (non-hydrogen) atoms. The lowest BCUT2D eigenvalue weighted by Crippen LogP contribution is -2.48. The zero-order valence-corrected chi connectivity index (χ0v) is 13.4. The van der Waals surface area contributed by atoms with E-state index < -0.39 is 14.9 Å². The van der Waals surface area contributed by atoms with Crippen molar-refractivity contribution in [1.29, 1.82) is 0 Å². The number of nitro groups is 1. The second-order valence-electron chi connectivity index (χ2n) is 5.57. The molecule has 0 bridgehead atoms. The first kappa shape index (κ1) is 15.8. The second kappa shape index (κ2) is 5.87. The molecule has 10 heteroatoms. The van der Waals surface area contributed by atoms with Gasteiger partial charge < -0.3 is 0 Å². The molecule has 0 radical (unpaired) electrons. The third-order valence-electron chi connectivity index (χ3n) is 3.97. The van der Waals surface area contributed by atoms with Crippen LogP contribution in [0.3, 0.4) is 0 Å². The number of nitro benzene ring substituents is 1. The highest BCUT2D eigenvalue weighted by Gasteiger charge is 2.23. The molecule has 1 fully saturated rings. The number of rotatable bonds is 4. The molecule has 1 aliphatic heterocycles. The van der Waals surface area contributed by atoms with Crippen molar-refractivity contribution in [2.75, 3.05) is 32.4 Å². The van der Waals surface area contributed by atoms with Gasteiger partial charge in [0.25, 0.3) is 5.69 Å². The number of nitrogens with zero attached hydrogens (tertiary/aromatic N) is 5. The normalized spacial score (nSPS) is 17.6. The third kappa shape index (κ3) is 3.33. The maximum absolute atomic E-state index is 11.5. The molecule has 0 unspecified atom stereocenters. The van der Waals surface area contributed by atoms with Gasteiger partial charge in [-0.1, -0.05) is 0 Å². The summed E-state index contributed by atoms with van der Waals surface area (Å²) in [5.41, 5.74) is 0.728. The van der Waals surface area contributed by atoms with E-state index in [1.165, 1.54) is 22.7 Å². The zero-order chi connectivity index (χ0) is 16.6. The largest absolute Gasteiger partial charge is 0.282 e. The fourth-order valence-corrected chi connectivity index (χ4v) is 3.50. The first-order valence-electron chi connectivity index (χ1n) is 7.12. The minimum atomic E-state index is -3.15. The summed E-state index contributed by atoms with van der Waals surface area (Å²) >= 11 is 0. The van der Waals surface area contributed by atoms with Crippen molar-refractivity contribution in [3.8, 4) is 0 Å². The SMILES string of the molecule is CS(=O)(=O)N1CCN(Cn2ncc3ccc([N+](=O)[O-])cc32)CC1. The van der Waals surface area contributed by atoms with Crippen LogP contribution >= 0.6 is 0 Å². The average molecular weight is 339 g/mol. The van der Waals surface area contributed by atoms with Gasteiger partial charge in [-0.05, 0) is 6.07 Å². The molecule has 0 N–H and O–H groups in total. The van der Waals surface area contributed by atoms with Crippen LogP contribution in [0.5, 0.6) is 0 Å². The summed E-state index contributed by atoms with van der Waals surface area (Å²) < 4.78 is 26.2. The predicted molar refractivity (Wildman–Crippen MR) is 84.4 cm³/mol. The number of aromatic nitrogens is 2. The number of fused-ring (bicyclic) bond motifs is 1. The molecule has 0 aliphatic carbocycles. The van der Waals surface area contributed by atoms with Crippen LogP contribution in [0, 0.1) is 10.1 Å². The van der Waals surface area contributed by atoms with Crippen molar-refractivity contribution in [3.63, 3.8) is 0 Å². The Balaban J connectivity index is 1.75. The van der Waals surface area contributed by atoms with Crippen LogP contribution in [0.4, 0.5) is 5.69 Å². The Morgan fingerprint density at radius 3 is 2.57 bits per heavy atom. The van der Waals surface area contributed by atoms with E-state index >= 15 is 0 Å². The molecule has 1 saturated heterocycles. The standard InChI is InChI=1S/C13H17N5O4S/c1-23(21,22)16-6-4-15(5-7-16)10-17-13-8-12(18(19)20)3-2-11(13)9-14-17/h2-3,8-9H,4-7,10H2,1H3. The molecule has 2 heterocycles. The summed E-state index contributed by atoms with van der Waals surface area (Å²) in [4.78, 5) is 12.5. The molecule has 1 aromatic heterocycles. The lowest BCUT2D eigenvalue weighted by molar-refractivity contribution is -0.384. The molecule has 9 nitrogen and oxygen atoms in total. The quantitative estimate of drug-likeness (QED) is 0.593. The Labute approximate surface area is 133 Å². The van der Waals surface area contributed by atoms with Crippen LogP contribution in [0.15, 0.2) is 24.4 Å². The molecule has 0 spiro atoms. The molecule has 2 aromatic rings. The smallest absolute Gasteiger partial charge is 0.271 e. The van der Waals surface area contributed by atoms with Crippen molar-refractivity contribution in [2.45, 2.75) is 6.67 Å². The van der Waals surface area contributed by atoms with Gasteiger partial charge in [0.1, 0.15) is 0 Å². The summed E-state index contributed by atoms with van der Waals surface area (Å²) in [6.07, 6.45) is 2.88. The molecule has 3 rings (SSSR count). The number of hydrogen-bond donors (Lipinski definition) is 0. The molecule has 0 saturated carbocycles. The molecular weight excluding hydrogens is 322 g/mol. The monoisotopic (exact) mass is 339 g/mol. The van der Waals surface area contributed by atoms with Gasteiger partial charge in [-0.25, -0.2) is 8.42 Å². The highest BCUT2D eigenvalue weighted by Crippen LogP contribution is 2.21. The Bertz CT molecular complexity index is 839. The van der Waals surface area contributed by atoms with Gasteiger partial charge >= 0.3 is 0 Å². The molecule has 1 aliphatic rings. The minimum absolute atomic E-state index is 0.0288. The molecule has 0 atom stereocenters. The van der Waals surface area contributed by atoms with Crippen molar-refractivity contribution < 1.29 is 13.3 Å². The van der Waals surface area contributed by atoms with Crippen LogP contribution in [0.1, 0.15) is 0 Å². The maximum atomic E-state index is 11.5. The molecule has 124 valence electrons. The highest BCUT2D eigenvalue weighted by molar-refractivity contribution is 7.88. The van der Waals surface area contributed by atoms with Gasteiger partial charge in [0.05, 0.1) is 29.6 Å². The van der Waals surface area contributed by atoms with Gasteiger partial charge in [-0.15, -0.1) is 0 Å². The van der Waals surface area contributed by atoms with Crippen molar-refractivity contribution in [2.24, 2.45) is 0 Å². The van der Waals surface area contributed by atoms with Crippen LogP contribution in [-0.4, -0.2) is 64.8 Å².